The second-order valence-corrected chi connectivity index (χ2v) is 5.00. The van der Waals surface area contributed by atoms with Crippen LogP contribution in [0.5, 0.6) is 5.75 Å². The molecule has 1 N–H and O–H groups in total. The highest BCUT2D eigenvalue weighted by Gasteiger charge is 2.21. The summed E-state index contributed by atoms with van der Waals surface area (Å²) in [6.07, 6.45) is 2.47. The van der Waals surface area contributed by atoms with E-state index in [9.17, 15) is 0 Å². The lowest BCUT2D eigenvalue weighted by molar-refractivity contribution is 0.174. The van der Waals surface area contributed by atoms with E-state index in [2.05, 4.69) is 47.8 Å². The summed E-state index contributed by atoms with van der Waals surface area (Å²) in [6, 6.07) is 16.9. The smallest absolute Gasteiger partial charge is 0.130 e. The highest BCUT2D eigenvalue weighted by Crippen LogP contribution is 2.37. The van der Waals surface area contributed by atoms with Crippen LogP contribution < -0.4 is 10.1 Å². The molecule has 0 unspecified atom stereocenters. The second-order valence-electron chi connectivity index (χ2n) is 5.00. The van der Waals surface area contributed by atoms with Gasteiger partial charge in [-0.15, -0.1) is 12.4 Å². The van der Waals surface area contributed by atoms with E-state index in [0.29, 0.717) is 0 Å². The first kappa shape index (κ1) is 14.9. The fraction of sp³-hybridized carbons (Fsp3) is 0.294. The topological polar surface area (TPSA) is 21.3 Å². The van der Waals surface area contributed by atoms with Gasteiger partial charge in [0.1, 0.15) is 11.9 Å². The van der Waals surface area contributed by atoms with Gasteiger partial charge in [-0.2, -0.15) is 0 Å². The number of hydrogen-bond acceptors (Lipinski definition) is 2. The summed E-state index contributed by atoms with van der Waals surface area (Å²) in [5, 5.41) is 3.20. The van der Waals surface area contributed by atoms with E-state index in [1.165, 1.54) is 16.7 Å². The molecular weight excluding hydrogens is 270 g/mol. The first-order chi connectivity index (χ1) is 9.38. The molecule has 2 aromatic carbocycles. The van der Waals surface area contributed by atoms with Crippen molar-refractivity contribution in [1.29, 1.82) is 0 Å². The average Bonchev–Trinajstić information content (AvgIpc) is 2.48. The lowest BCUT2D eigenvalue weighted by Crippen LogP contribution is -2.32. The Hall–Kier alpha value is -1.51. The first-order valence-electron chi connectivity index (χ1n) is 6.87. The molecule has 0 aromatic heterocycles. The van der Waals surface area contributed by atoms with Gasteiger partial charge in [0.15, 0.2) is 0 Å². The summed E-state index contributed by atoms with van der Waals surface area (Å²) in [6.45, 7) is 0.905. The number of rotatable bonds is 3. The Balaban J connectivity index is 0.00000147. The zero-order valence-corrected chi connectivity index (χ0v) is 12.5. The van der Waals surface area contributed by atoms with E-state index in [1.54, 1.807) is 0 Å². The predicted octanol–water partition coefficient (Wildman–Crippen LogP) is 3.69. The number of halogens is 1. The van der Waals surface area contributed by atoms with Crippen LogP contribution in [0.15, 0.2) is 48.5 Å². The summed E-state index contributed by atoms with van der Waals surface area (Å²) < 4.78 is 6.20. The quantitative estimate of drug-likeness (QED) is 0.930. The maximum absolute atomic E-state index is 6.20. The lowest BCUT2D eigenvalue weighted by atomic mass is 9.95. The van der Waals surface area contributed by atoms with Gasteiger partial charge in [-0.3, -0.25) is 0 Å². The summed E-state index contributed by atoms with van der Waals surface area (Å²) in [5.41, 5.74) is 3.76. The molecule has 0 saturated heterocycles. The normalized spacial score (nSPS) is 16.8. The number of fused-ring (bicyclic) bond motifs is 1. The van der Waals surface area contributed by atoms with E-state index >= 15 is 0 Å². The van der Waals surface area contributed by atoms with Crippen LogP contribution in [0.1, 0.15) is 12.0 Å². The van der Waals surface area contributed by atoms with Crippen molar-refractivity contribution in [3.05, 3.63) is 54.1 Å². The Bertz CT molecular complexity index is 556. The predicted molar refractivity (Wildman–Crippen MR) is 85.8 cm³/mol. The van der Waals surface area contributed by atoms with Gasteiger partial charge in [-0.25, -0.2) is 0 Å². The molecule has 0 saturated carbocycles. The standard InChI is InChI=1S/C17H19NO.ClH/c1-18-12-15-11-10-14-8-5-9-16(17(14)19-15)13-6-3-2-4-7-13;/h2-9,15,18H,10-12H2,1H3;1H/t15-;/m0./s1. The van der Waals surface area contributed by atoms with Crippen molar-refractivity contribution in [2.45, 2.75) is 18.9 Å². The molecule has 0 amide bonds. The number of hydrogen-bond donors (Lipinski definition) is 1. The van der Waals surface area contributed by atoms with Crippen LogP contribution in [0, 0.1) is 0 Å². The van der Waals surface area contributed by atoms with Crippen LogP contribution in [0.3, 0.4) is 0 Å². The molecule has 0 aliphatic carbocycles. The van der Waals surface area contributed by atoms with Crippen LogP contribution >= 0.6 is 12.4 Å². The minimum absolute atomic E-state index is 0. The summed E-state index contributed by atoms with van der Waals surface area (Å²) in [7, 11) is 1.97. The van der Waals surface area contributed by atoms with Crippen LogP contribution in [-0.4, -0.2) is 19.7 Å². The van der Waals surface area contributed by atoms with Crippen LogP contribution in [0.4, 0.5) is 0 Å². The van der Waals surface area contributed by atoms with Gasteiger partial charge in [0, 0.05) is 12.1 Å². The second kappa shape index (κ2) is 6.78. The molecule has 1 aliphatic heterocycles. The summed E-state index contributed by atoms with van der Waals surface area (Å²) in [5.74, 6) is 1.07. The Morgan fingerprint density at radius 1 is 1.10 bits per heavy atom. The van der Waals surface area contributed by atoms with Crippen molar-refractivity contribution in [2.75, 3.05) is 13.6 Å². The fourth-order valence-electron chi connectivity index (χ4n) is 2.68. The minimum Gasteiger partial charge on any atom is -0.488 e. The SMILES string of the molecule is CNC[C@@H]1CCc2cccc(-c3ccccc3)c2O1.Cl. The molecule has 1 aliphatic rings. The summed E-state index contributed by atoms with van der Waals surface area (Å²) in [4.78, 5) is 0. The van der Waals surface area contributed by atoms with E-state index in [-0.39, 0.29) is 18.5 Å². The van der Waals surface area contributed by atoms with Gasteiger partial charge in [-0.1, -0.05) is 48.5 Å². The highest BCUT2D eigenvalue weighted by atomic mass is 35.5. The third-order valence-corrected chi connectivity index (χ3v) is 3.63. The summed E-state index contributed by atoms with van der Waals surface area (Å²) >= 11 is 0. The van der Waals surface area contributed by atoms with Crippen molar-refractivity contribution >= 4 is 12.4 Å². The molecule has 1 atom stereocenters. The lowest BCUT2D eigenvalue weighted by Gasteiger charge is -2.28. The van der Waals surface area contributed by atoms with Gasteiger partial charge in [0.25, 0.3) is 0 Å². The zero-order chi connectivity index (χ0) is 13.1. The minimum atomic E-state index is 0. The van der Waals surface area contributed by atoms with Gasteiger partial charge in [0.2, 0.25) is 0 Å². The molecular formula is C17H20ClNO. The van der Waals surface area contributed by atoms with E-state index in [0.717, 1.165) is 25.1 Å². The average molecular weight is 290 g/mol. The maximum Gasteiger partial charge on any atom is 0.130 e. The highest BCUT2D eigenvalue weighted by molar-refractivity contribution is 5.85. The molecule has 3 rings (SSSR count). The molecule has 106 valence electrons. The van der Waals surface area contributed by atoms with Gasteiger partial charge in [0.05, 0.1) is 0 Å². The maximum atomic E-state index is 6.20. The fourth-order valence-corrected chi connectivity index (χ4v) is 2.68. The number of aryl methyl sites for hydroxylation is 1. The molecule has 20 heavy (non-hydrogen) atoms. The molecule has 2 aromatic rings. The number of ether oxygens (including phenoxy) is 1. The van der Waals surface area contributed by atoms with Crippen LogP contribution in [0.25, 0.3) is 11.1 Å². The Morgan fingerprint density at radius 2 is 1.90 bits per heavy atom. The van der Waals surface area contributed by atoms with Crippen LogP contribution in [0.2, 0.25) is 0 Å². The molecule has 0 fully saturated rings. The first-order valence-corrected chi connectivity index (χ1v) is 6.87. The van der Waals surface area contributed by atoms with Crippen molar-refractivity contribution in [3.8, 4) is 16.9 Å². The van der Waals surface area contributed by atoms with Crippen molar-refractivity contribution in [2.24, 2.45) is 0 Å². The van der Waals surface area contributed by atoms with Gasteiger partial charge < -0.3 is 10.1 Å². The molecule has 2 nitrogen and oxygen atoms in total. The third kappa shape index (κ3) is 2.97. The Kier molecular flexibility index (Phi) is 5.05. The Labute approximate surface area is 126 Å². The number of benzene rings is 2. The van der Waals surface area contributed by atoms with Gasteiger partial charge in [-0.05, 0) is 31.0 Å². The van der Waals surface area contributed by atoms with E-state index in [4.69, 9.17) is 4.74 Å². The monoisotopic (exact) mass is 289 g/mol. The third-order valence-electron chi connectivity index (χ3n) is 3.63. The van der Waals surface area contributed by atoms with E-state index < -0.39 is 0 Å². The molecule has 0 radical (unpaired) electrons. The molecule has 3 heteroatoms. The van der Waals surface area contributed by atoms with Crippen molar-refractivity contribution < 1.29 is 4.74 Å². The van der Waals surface area contributed by atoms with Gasteiger partial charge >= 0.3 is 0 Å². The van der Waals surface area contributed by atoms with E-state index in [1.807, 2.05) is 13.1 Å². The number of likely N-dealkylation sites (N-methyl/N-ethyl adjacent to an activating group) is 1. The number of para-hydroxylation sites is 1. The largest absolute Gasteiger partial charge is 0.488 e. The zero-order valence-electron chi connectivity index (χ0n) is 11.6. The van der Waals surface area contributed by atoms with Crippen LogP contribution in [-0.2, 0) is 6.42 Å². The molecule has 0 spiro atoms. The van der Waals surface area contributed by atoms with Crippen molar-refractivity contribution in [3.63, 3.8) is 0 Å². The molecule has 1 heterocycles. The number of nitrogens with one attached hydrogen (secondary N) is 1. The molecule has 0 bridgehead atoms. The van der Waals surface area contributed by atoms with Crippen molar-refractivity contribution in [1.82, 2.24) is 5.32 Å². The Morgan fingerprint density at radius 3 is 2.65 bits per heavy atom.